The fourth-order valence-corrected chi connectivity index (χ4v) is 3.56. The van der Waals surface area contributed by atoms with Gasteiger partial charge in [0, 0.05) is 19.6 Å². The maximum absolute atomic E-state index is 12.4. The van der Waals surface area contributed by atoms with Crippen LogP contribution in [0.5, 0.6) is 0 Å². The molecule has 8 nitrogen and oxygen atoms in total. The number of nitrogens with one attached hydrogen (secondary N) is 1. The second-order valence-corrected chi connectivity index (χ2v) is 6.73. The van der Waals surface area contributed by atoms with E-state index in [1.165, 1.54) is 16.7 Å². The molecule has 0 unspecified atom stereocenters. The molecule has 0 aromatic carbocycles. The zero-order valence-corrected chi connectivity index (χ0v) is 14.6. The van der Waals surface area contributed by atoms with Crippen molar-refractivity contribution in [1.29, 1.82) is 0 Å². The zero-order chi connectivity index (χ0) is 17.3. The second kappa shape index (κ2) is 6.68. The van der Waals surface area contributed by atoms with Crippen LogP contribution in [-0.2, 0) is 11.3 Å². The van der Waals surface area contributed by atoms with Crippen LogP contribution >= 0.6 is 11.8 Å². The predicted molar refractivity (Wildman–Crippen MR) is 88.6 cm³/mol. The van der Waals surface area contributed by atoms with Gasteiger partial charge < -0.3 is 14.3 Å². The van der Waals surface area contributed by atoms with E-state index in [-0.39, 0.29) is 11.9 Å². The number of imide groups is 1. The van der Waals surface area contributed by atoms with Crippen molar-refractivity contribution in [3.63, 3.8) is 0 Å². The average molecular weight is 349 g/mol. The van der Waals surface area contributed by atoms with E-state index in [2.05, 4.69) is 15.5 Å². The normalized spacial score (nSPS) is 15.6. The molecule has 1 atom stereocenters. The first kappa shape index (κ1) is 16.6. The standard InChI is InChI=1S/C15H19N5O3S/c1-4-19-12(11-5-8-23-9(11)2)17-18-15(19)24-10(3)13(21)20-7-6-16-14(20)22/h5,8,10H,4,6-7H2,1-3H3,(H,16,22)/t10-/m0/s1. The maximum atomic E-state index is 12.4. The minimum Gasteiger partial charge on any atom is -0.469 e. The summed E-state index contributed by atoms with van der Waals surface area (Å²) in [6, 6.07) is 1.52. The highest BCUT2D eigenvalue weighted by Gasteiger charge is 2.31. The van der Waals surface area contributed by atoms with Gasteiger partial charge in [0.2, 0.25) is 5.91 Å². The fourth-order valence-electron chi connectivity index (χ4n) is 2.59. The van der Waals surface area contributed by atoms with Gasteiger partial charge in [-0.15, -0.1) is 10.2 Å². The highest BCUT2D eigenvalue weighted by atomic mass is 32.2. The van der Waals surface area contributed by atoms with Gasteiger partial charge in [-0.2, -0.15) is 0 Å². The number of carbonyl (C=O) groups excluding carboxylic acids is 2. The van der Waals surface area contributed by atoms with Gasteiger partial charge in [0.15, 0.2) is 11.0 Å². The van der Waals surface area contributed by atoms with Gasteiger partial charge in [0.25, 0.3) is 0 Å². The number of hydrogen-bond donors (Lipinski definition) is 1. The summed E-state index contributed by atoms with van der Waals surface area (Å²) in [7, 11) is 0. The van der Waals surface area contributed by atoms with Crippen LogP contribution < -0.4 is 5.32 Å². The first-order chi connectivity index (χ1) is 11.5. The Morgan fingerprint density at radius 3 is 2.88 bits per heavy atom. The average Bonchev–Trinajstić information content (AvgIpc) is 3.26. The van der Waals surface area contributed by atoms with Crippen LogP contribution in [0.3, 0.4) is 0 Å². The summed E-state index contributed by atoms with van der Waals surface area (Å²) in [4.78, 5) is 25.3. The Morgan fingerprint density at radius 1 is 1.50 bits per heavy atom. The van der Waals surface area contributed by atoms with Gasteiger partial charge in [0.05, 0.1) is 17.1 Å². The Hall–Kier alpha value is -2.29. The third-order valence-electron chi connectivity index (χ3n) is 3.89. The number of aromatic nitrogens is 3. The molecule has 2 aromatic rings. The molecule has 1 fully saturated rings. The smallest absolute Gasteiger partial charge is 0.324 e. The van der Waals surface area contributed by atoms with Crippen molar-refractivity contribution in [2.75, 3.05) is 13.1 Å². The molecule has 9 heteroatoms. The molecular weight excluding hydrogens is 330 g/mol. The Bertz CT molecular complexity index is 769. The lowest BCUT2D eigenvalue weighted by atomic mass is 10.2. The molecule has 3 heterocycles. The summed E-state index contributed by atoms with van der Waals surface area (Å²) < 4.78 is 7.27. The molecule has 128 valence electrons. The molecule has 1 N–H and O–H groups in total. The number of nitrogens with zero attached hydrogens (tertiary/aromatic N) is 4. The minimum atomic E-state index is -0.429. The molecular formula is C15H19N5O3S. The number of furan rings is 1. The van der Waals surface area contributed by atoms with E-state index in [0.717, 1.165) is 11.3 Å². The highest BCUT2D eigenvalue weighted by molar-refractivity contribution is 8.00. The molecule has 1 saturated heterocycles. The van der Waals surface area contributed by atoms with E-state index in [9.17, 15) is 9.59 Å². The van der Waals surface area contributed by atoms with Crippen LogP contribution in [0.25, 0.3) is 11.4 Å². The largest absolute Gasteiger partial charge is 0.469 e. The van der Waals surface area contributed by atoms with Gasteiger partial charge >= 0.3 is 6.03 Å². The number of carbonyl (C=O) groups is 2. The topological polar surface area (TPSA) is 93.3 Å². The number of hydrogen-bond acceptors (Lipinski definition) is 6. The Labute approximate surface area is 143 Å². The molecule has 0 bridgehead atoms. The Kier molecular flexibility index (Phi) is 4.61. The highest BCUT2D eigenvalue weighted by Crippen LogP contribution is 2.29. The van der Waals surface area contributed by atoms with E-state index in [4.69, 9.17) is 4.42 Å². The molecule has 0 spiro atoms. The van der Waals surface area contributed by atoms with E-state index < -0.39 is 5.25 Å². The van der Waals surface area contributed by atoms with Crippen LogP contribution in [0.15, 0.2) is 21.9 Å². The summed E-state index contributed by atoms with van der Waals surface area (Å²) in [5, 5.41) is 11.3. The predicted octanol–water partition coefficient (Wildman–Crippen LogP) is 1.90. The summed E-state index contributed by atoms with van der Waals surface area (Å²) in [6.07, 6.45) is 1.62. The molecule has 24 heavy (non-hydrogen) atoms. The van der Waals surface area contributed by atoms with Crippen LogP contribution in [0, 0.1) is 6.92 Å². The number of thioether (sulfide) groups is 1. The van der Waals surface area contributed by atoms with E-state index in [1.54, 1.807) is 13.2 Å². The van der Waals surface area contributed by atoms with Crippen LogP contribution in [0.2, 0.25) is 0 Å². The molecule has 3 rings (SSSR count). The van der Waals surface area contributed by atoms with E-state index >= 15 is 0 Å². The third kappa shape index (κ3) is 2.91. The second-order valence-electron chi connectivity index (χ2n) is 5.42. The summed E-state index contributed by atoms with van der Waals surface area (Å²) >= 11 is 1.30. The lowest BCUT2D eigenvalue weighted by molar-refractivity contribution is -0.126. The van der Waals surface area contributed by atoms with Gasteiger partial charge in [0.1, 0.15) is 5.76 Å². The molecule has 1 aliphatic heterocycles. The van der Waals surface area contributed by atoms with Crippen molar-refractivity contribution < 1.29 is 14.0 Å². The number of rotatable bonds is 5. The number of urea groups is 1. The number of aryl methyl sites for hydroxylation is 1. The molecule has 2 aromatic heterocycles. The van der Waals surface area contributed by atoms with Crippen molar-refractivity contribution >= 4 is 23.7 Å². The van der Waals surface area contributed by atoms with E-state index in [1.807, 2.05) is 24.5 Å². The van der Waals surface area contributed by atoms with Gasteiger partial charge in [-0.25, -0.2) is 4.79 Å². The lowest BCUT2D eigenvalue weighted by Crippen LogP contribution is -2.39. The van der Waals surface area contributed by atoms with Crippen molar-refractivity contribution in [2.24, 2.45) is 0 Å². The fraction of sp³-hybridized carbons (Fsp3) is 0.467. The monoisotopic (exact) mass is 349 g/mol. The van der Waals surface area contributed by atoms with Crippen molar-refractivity contribution in [3.8, 4) is 11.4 Å². The first-order valence-corrected chi connectivity index (χ1v) is 8.64. The maximum Gasteiger partial charge on any atom is 0.324 e. The Morgan fingerprint density at radius 2 is 2.29 bits per heavy atom. The van der Waals surface area contributed by atoms with Crippen LogP contribution in [-0.4, -0.2) is 49.9 Å². The molecule has 3 amide bonds. The molecule has 0 saturated carbocycles. The molecule has 0 aliphatic carbocycles. The lowest BCUT2D eigenvalue weighted by Gasteiger charge is -2.17. The minimum absolute atomic E-state index is 0.221. The SMILES string of the molecule is CCn1c(S[C@@H](C)C(=O)N2CCNC2=O)nnc1-c1ccoc1C. The first-order valence-electron chi connectivity index (χ1n) is 7.76. The number of amides is 3. The quantitative estimate of drug-likeness (QED) is 0.829. The Balaban J connectivity index is 1.80. The van der Waals surface area contributed by atoms with Crippen molar-refractivity contribution in [1.82, 2.24) is 25.0 Å². The summed E-state index contributed by atoms with van der Waals surface area (Å²) in [5.41, 5.74) is 0.883. The van der Waals surface area contributed by atoms with Crippen LogP contribution in [0.4, 0.5) is 4.79 Å². The van der Waals surface area contributed by atoms with Crippen molar-refractivity contribution in [2.45, 2.75) is 37.7 Å². The summed E-state index contributed by atoms with van der Waals surface area (Å²) in [6.45, 7) is 7.21. The molecule has 0 radical (unpaired) electrons. The third-order valence-corrected chi connectivity index (χ3v) is 4.95. The summed E-state index contributed by atoms with van der Waals surface area (Å²) in [5.74, 6) is 1.26. The van der Waals surface area contributed by atoms with Gasteiger partial charge in [-0.05, 0) is 26.8 Å². The van der Waals surface area contributed by atoms with E-state index in [0.29, 0.717) is 30.6 Å². The van der Waals surface area contributed by atoms with Gasteiger partial charge in [-0.3, -0.25) is 9.69 Å². The molecule has 1 aliphatic rings. The van der Waals surface area contributed by atoms with Crippen LogP contribution in [0.1, 0.15) is 19.6 Å². The van der Waals surface area contributed by atoms with Gasteiger partial charge in [-0.1, -0.05) is 11.8 Å². The zero-order valence-electron chi connectivity index (χ0n) is 13.8. The van der Waals surface area contributed by atoms with Crippen molar-refractivity contribution in [3.05, 3.63) is 18.1 Å².